The number of rotatable bonds is 1. The highest BCUT2D eigenvalue weighted by Gasteiger charge is 2.56. The number of ether oxygens (including phenoxy) is 1. The van der Waals surface area contributed by atoms with Crippen molar-refractivity contribution in [2.75, 3.05) is 26.3 Å². The summed E-state index contributed by atoms with van der Waals surface area (Å²) in [5.41, 5.74) is -1.03. The van der Waals surface area contributed by atoms with Crippen LogP contribution in [0.2, 0.25) is 0 Å². The maximum Gasteiger partial charge on any atom is 0.392 e. The Labute approximate surface area is 136 Å². The maximum atomic E-state index is 13.5. The highest BCUT2D eigenvalue weighted by Crippen LogP contribution is 2.50. The quantitative estimate of drug-likeness (QED) is 0.850. The fraction of sp³-hybridized carbons (Fsp3) is 0.625. The number of hydrogen-bond donors (Lipinski definition) is 1. The smallest absolute Gasteiger partial charge is 0.381 e. The van der Waals surface area contributed by atoms with Gasteiger partial charge in [0.1, 0.15) is 0 Å². The molecule has 1 aromatic rings. The number of carbonyl (C=O) groups is 1. The van der Waals surface area contributed by atoms with Crippen molar-refractivity contribution in [1.29, 1.82) is 0 Å². The number of alkyl halides is 3. The number of piperidine rings is 1. The van der Waals surface area contributed by atoms with Crippen LogP contribution in [0.5, 0.6) is 0 Å². The molecule has 3 heterocycles. The van der Waals surface area contributed by atoms with Crippen LogP contribution < -0.4 is 5.56 Å². The maximum absolute atomic E-state index is 13.5. The average Bonchev–Trinajstić information content (AvgIpc) is 2.54. The van der Waals surface area contributed by atoms with E-state index < -0.39 is 17.5 Å². The summed E-state index contributed by atoms with van der Waals surface area (Å²) in [6, 6.07) is 2.63. The van der Waals surface area contributed by atoms with Crippen LogP contribution in [-0.4, -0.2) is 48.3 Å². The standard InChI is InChI=1S/C16H19F3N2O3/c17-16(18,19)12-3-6-21(10-15(12)4-7-24-8-5-15)14(23)11-1-2-13(22)20-9-11/h1-2,9,12H,3-8,10H2,(H,20,22). The molecule has 8 heteroatoms. The summed E-state index contributed by atoms with van der Waals surface area (Å²) < 4.78 is 45.7. The van der Waals surface area contributed by atoms with Crippen LogP contribution in [0.25, 0.3) is 0 Å². The number of carbonyl (C=O) groups excluding carboxylic acids is 1. The molecule has 0 radical (unpaired) electrons. The number of pyridine rings is 1. The number of halogens is 3. The molecule has 0 saturated carbocycles. The van der Waals surface area contributed by atoms with Crippen LogP contribution >= 0.6 is 0 Å². The number of aromatic amines is 1. The van der Waals surface area contributed by atoms with Crippen molar-refractivity contribution < 1.29 is 22.7 Å². The summed E-state index contributed by atoms with van der Waals surface area (Å²) >= 11 is 0. The Morgan fingerprint density at radius 2 is 2.00 bits per heavy atom. The average molecular weight is 344 g/mol. The van der Waals surface area contributed by atoms with Crippen molar-refractivity contribution in [3.05, 3.63) is 34.2 Å². The van der Waals surface area contributed by atoms with E-state index >= 15 is 0 Å². The zero-order valence-electron chi connectivity index (χ0n) is 13.1. The molecule has 1 amide bonds. The van der Waals surface area contributed by atoms with Crippen LogP contribution in [0.1, 0.15) is 29.6 Å². The lowest BCUT2D eigenvalue weighted by atomic mass is 9.65. The van der Waals surface area contributed by atoms with E-state index in [9.17, 15) is 22.8 Å². The second kappa shape index (κ2) is 6.23. The van der Waals surface area contributed by atoms with Crippen molar-refractivity contribution in [2.24, 2.45) is 11.3 Å². The second-order valence-corrected chi connectivity index (χ2v) is 6.53. The van der Waals surface area contributed by atoms with Crippen LogP contribution in [0, 0.1) is 11.3 Å². The van der Waals surface area contributed by atoms with Crippen LogP contribution in [0.15, 0.2) is 23.1 Å². The molecular formula is C16H19F3N2O3. The molecular weight excluding hydrogens is 325 g/mol. The van der Waals surface area contributed by atoms with Gasteiger partial charge in [0.2, 0.25) is 5.56 Å². The number of amides is 1. The van der Waals surface area contributed by atoms with Gasteiger partial charge in [-0.15, -0.1) is 0 Å². The van der Waals surface area contributed by atoms with Crippen molar-refractivity contribution in [3.8, 4) is 0 Å². The highest BCUT2D eigenvalue weighted by atomic mass is 19.4. The Morgan fingerprint density at radius 3 is 2.58 bits per heavy atom. The third kappa shape index (κ3) is 3.19. The van der Waals surface area contributed by atoms with Gasteiger partial charge in [0.25, 0.3) is 5.91 Å². The molecule has 2 saturated heterocycles. The first-order valence-electron chi connectivity index (χ1n) is 7.94. The molecule has 1 atom stereocenters. The molecule has 5 nitrogen and oxygen atoms in total. The summed E-state index contributed by atoms with van der Waals surface area (Å²) in [4.78, 5) is 27.6. The lowest BCUT2D eigenvalue weighted by Crippen LogP contribution is -2.56. The van der Waals surface area contributed by atoms with Crippen molar-refractivity contribution in [1.82, 2.24) is 9.88 Å². The van der Waals surface area contributed by atoms with Crippen LogP contribution in [0.3, 0.4) is 0 Å². The van der Waals surface area contributed by atoms with Crippen molar-refractivity contribution in [3.63, 3.8) is 0 Å². The van der Waals surface area contributed by atoms with Gasteiger partial charge >= 0.3 is 6.18 Å². The molecule has 132 valence electrons. The topological polar surface area (TPSA) is 62.4 Å². The Hall–Kier alpha value is -1.83. The van der Waals surface area contributed by atoms with Gasteiger partial charge in [0, 0.05) is 44.0 Å². The predicted octanol–water partition coefficient (Wildman–Crippen LogP) is 2.20. The monoisotopic (exact) mass is 344 g/mol. The lowest BCUT2D eigenvalue weighted by Gasteiger charge is -2.50. The Morgan fingerprint density at radius 1 is 1.29 bits per heavy atom. The van der Waals surface area contributed by atoms with Gasteiger partial charge in [-0.05, 0) is 25.3 Å². The van der Waals surface area contributed by atoms with E-state index in [1.165, 1.54) is 23.2 Å². The molecule has 1 unspecified atom stereocenters. The fourth-order valence-corrected chi connectivity index (χ4v) is 3.86. The molecule has 1 aromatic heterocycles. The first-order chi connectivity index (χ1) is 11.3. The van der Waals surface area contributed by atoms with Gasteiger partial charge in [-0.25, -0.2) is 0 Å². The normalized spacial score (nSPS) is 24.1. The molecule has 1 spiro atoms. The Kier molecular flexibility index (Phi) is 4.42. The van der Waals surface area contributed by atoms with E-state index in [-0.39, 0.29) is 49.8 Å². The molecule has 24 heavy (non-hydrogen) atoms. The van der Waals surface area contributed by atoms with Crippen molar-refractivity contribution in [2.45, 2.75) is 25.4 Å². The molecule has 0 aliphatic carbocycles. The number of nitrogens with zero attached hydrogens (tertiary/aromatic N) is 1. The molecule has 3 rings (SSSR count). The third-order valence-electron chi connectivity index (χ3n) is 5.13. The number of nitrogens with one attached hydrogen (secondary N) is 1. The van der Waals surface area contributed by atoms with Gasteiger partial charge < -0.3 is 14.6 Å². The zero-order valence-corrected chi connectivity index (χ0v) is 13.1. The van der Waals surface area contributed by atoms with Gasteiger partial charge in [-0.2, -0.15) is 13.2 Å². The van der Waals surface area contributed by atoms with E-state index in [4.69, 9.17) is 4.74 Å². The summed E-state index contributed by atoms with van der Waals surface area (Å²) in [5, 5.41) is 0. The van der Waals surface area contributed by atoms with E-state index in [2.05, 4.69) is 4.98 Å². The first kappa shape index (κ1) is 17.0. The minimum absolute atomic E-state index is 0.0603. The SMILES string of the molecule is O=C(c1ccc(=O)[nH]c1)N1CCC(C(F)(F)F)C2(CCOCC2)C1. The lowest BCUT2D eigenvalue weighted by molar-refractivity contribution is -0.232. The van der Waals surface area contributed by atoms with E-state index in [0.29, 0.717) is 12.8 Å². The van der Waals surface area contributed by atoms with Gasteiger partial charge in [0.15, 0.2) is 0 Å². The van der Waals surface area contributed by atoms with Crippen molar-refractivity contribution >= 4 is 5.91 Å². The zero-order chi connectivity index (χ0) is 17.4. The third-order valence-corrected chi connectivity index (χ3v) is 5.13. The van der Waals surface area contributed by atoms with Crippen LogP contribution in [0.4, 0.5) is 13.2 Å². The summed E-state index contributed by atoms with van der Waals surface area (Å²) in [6.07, 6.45) is -2.47. The number of H-pyrrole nitrogens is 1. The minimum atomic E-state index is -4.27. The van der Waals surface area contributed by atoms with Gasteiger partial charge in [-0.3, -0.25) is 9.59 Å². The predicted molar refractivity (Wildman–Crippen MR) is 79.6 cm³/mol. The molecule has 1 N–H and O–H groups in total. The molecule has 2 aliphatic heterocycles. The second-order valence-electron chi connectivity index (χ2n) is 6.53. The largest absolute Gasteiger partial charge is 0.392 e. The Bertz CT molecular complexity index is 645. The van der Waals surface area contributed by atoms with Crippen LogP contribution in [-0.2, 0) is 4.74 Å². The van der Waals surface area contributed by atoms with E-state index in [1.54, 1.807) is 0 Å². The molecule has 2 fully saturated rings. The highest BCUT2D eigenvalue weighted by molar-refractivity contribution is 5.94. The molecule has 0 aromatic carbocycles. The minimum Gasteiger partial charge on any atom is -0.381 e. The van der Waals surface area contributed by atoms with Gasteiger partial charge in [0.05, 0.1) is 11.5 Å². The number of hydrogen-bond acceptors (Lipinski definition) is 3. The number of aromatic nitrogens is 1. The Balaban J connectivity index is 1.84. The number of likely N-dealkylation sites (tertiary alicyclic amines) is 1. The van der Waals surface area contributed by atoms with E-state index in [0.717, 1.165) is 0 Å². The van der Waals surface area contributed by atoms with E-state index in [1.807, 2.05) is 0 Å². The summed E-state index contributed by atoms with van der Waals surface area (Å²) in [7, 11) is 0. The summed E-state index contributed by atoms with van der Waals surface area (Å²) in [5.74, 6) is -1.76. The molecule has 2 aliphatic rings. The fourth-order valence-electron chi connectivity index (χ4n) is 3.86. The van der Waals surface area contributed by atoms with Gasteiger partial charge in [-0.1, -0.05) is 0 Å². The first-order valence-corrected chi connectivity index (χ1v) is 7.94. The summed E-state index contributed by atoms with van der Waals surface area (Å²) in [6.45, 7) is 0.698. The molecule has 0 bridgehead atoms.